The zero-order chi connectivity index (χ0) is 33.4. The molecule has 1 saturated carbocycles. The third-order valence-electron chi connectivity index (χ3n) is 9.26. The van der Waals surface area contributed by atoms with Crippen LogP contribution in [0.15, 0.2) is 23.8 Å². The summed E-state index contributed by atoms with van der Waals surface area (Å²) < 4.78 is 51.3. The zero-order valence-electron chi connectivity index (χ0n) is 28.8. The number of carbonyl (C=O) groups is 2. The fourth-order valence-electron chi connectivity index (χ4n) is 6.42. The van der Waals surface area contributed by atoms with Crippen molar-refractivity contribution in [3.05, 3.63) is 23.8 Å². The second-order valence-corrected chi connectivity index (χ2v) is 13.4. The third-order valence-corrected chi connectivity index (χ3v) is 9.26. The van der Waals surface area contributed by atoms with Crippen molar-refractivity contribution in [2.45, 2.75) is 172 Å². The van der Waals surface area contributed by atoms with Crippen LogP contribution in [-0.4, -0.2) is 62.9 Å². The van der Waals surface area contributed by atoms with Gasteiger partial charge >= 0.3 is 0 Å². The molecule has 0 spiro atoms. The molecule has 2 aliphatic heterocycles. The third kappa shape index (κ3) is 18.5. The van der Waals surface area contributed by atoms with E-state index < -0.39 is 23.5 Å². The summed E-state index contributed by atoms with van der Waals surface area (Å²) in [5, 5.41) is 5.45. The largest absolute Gasteiger partial charge is 0.353 e. The molecule has 2 unspecified atom stereocenters. The number of unbranched alkanes of at least 4 members (excludes halogenated alkanes) is 12. The first-order chi connectivity index (χ1) is 23.0. The molecule has 0 bridgehead atoms. The molecule has 2 amide bonds. The molecule has 270 valence electrons. The Labute approximate surface area is 282 Å². The standard InChI is InChI=1S/C37H62F2N2O6/c38-32(19-11-7-3-1-5-9-15-25-44-34-21-13-17-27-46-34)36(42)40-30-23-24-31(29-30)41-37(43)33(39)20-12-8-4-2-6-10-16-26-45-35-22-14-18-28-47-35/h19-20,30-31,34-35H,1-18,21-29H2,(H,40,42)(H,41,43)/b32-19-,33-20+/t30-,31+,34?,35?/m1/s1. The number of halogens is 2. The second kappa shape index (κ2) is 25.1. The summed E-state index contributed by atoms with van der Waals surface area (Å²) in [6.07, 6.45) is 24.4. The number of hydrogen-bond acceptors (Lipinski definition) is 6. The van der Waals surface area contributed by atoms with E-state index in [9.17, 15) is 18.4 Å². The van der Waals surface area contributed by atoms with Gasteiger partial charge in [0.15, 0.2) is 24.2 Å². The molecular formula is C37H62F2N2O6. The van der Waals surface area contributed by atoms with Crippen LogP contribution in [0.4, 0.5) is 8.78 Å². The highest BCUT2D eigenvalue weighted by Crippen LogP contribution is 2.21. The van der Waals surface area contributed by atoms with Crippen LogP contribution in [0.25, 0.3) is 0 Å². The van der Waals surface area contributed by atoms with Gasteiger partial charge in [0.1, 0.15) is 0 Å². The minimum Gasteiger partial charge on any atom is -0.353 e. The number of rotatable bonds is 24. The van der Waals surface area contributed by atoms with E-state index in [4.69, 9.17) is 18.9 Å². The smallest absolute Gasteiger partial charge is 0.279 e. The van der Waals surface area contributed by atoms with Gasteiger partial charge in [-0.25, -0.2) is 8.78 Å². The molecule has 8 nitrogen and oxygen atoms in total. The van der Waals surface area contributed by atoms with E-state index in [1.165, 1.54) is 25.0 Å². The molecular weight excluding hydrogens is 606 g/mol. The summed E-state index contributed by atoms with van der Waals surface area (Å²) in [7, 11) is 0. The van der Waals surface area contributed by atoms with Crippen LogP contribution in [0.3, 0.4) is 0 Å². The van der Waals surface area contributed by atoms with Crippen molar-refractivity contribution in [1.29, 1.82) is 0 Å². The number of hydrogen-bond donors (Lipinski definition) is 2. The van der Waals surface area contributed by atoms with Crippen LogP contribution in [0.5, 0.6) is 0 Å². The molecule has 3 rings (SSSR count). The molecule has 2 heterocycles. The zero-order valence-corrected chi connectivity index (χ0v) is 28.8. The Morgan fingerprint density at radius 1 is 0.574 bits per heavy atom. The molecule has 3 fully saturated rings. The van der Waals surface area contributed by atoms with Gasteiger partial charge in [0, 0.05) is 38.5 Å². The molecule has 0 aromatic carbocycles. The van der Waals surface area contributed by atoms with E-state index in [0.717, 1.165) is 129 Å². The number of nitrogens with one attached hydrogen (secondary N) is 2. The SMILES string of the molecule is O=C(N[C@@H]1CC[C@H](NC(=O)/C(F)=C\CCCCCCCCOC2CCCCO2)C1)/C(F)=C/CCCCCCCCOC1CCCCO1. The number of carbonyl (C=O) groups excluding carboxylic acids is 2. The van der Waals surface area contributed by atoms with E-state index in [1.807, 2.05) is 0 Å². The maximum atomic E-state index is 14.4. The molecule has 0 radical (unpaired) electrons. The summed E-state index contributed by atoms with van der Waals surface area (Å²) >= 11 is 0. The highest BCUT2D eigenvalue weighted by atomic mass is 19.1. The maximum Gasteiger partial charge on any atom is 0.279 e. The molecule has 4 atom stereocenters. The Balaban J connectivity index is 1.13. The van der Waals surface area contributed by atoms with E-state index >= 15 is 0 Å². The fraction of sp³-hybridized carbons (Fsp3) is 0.838. The molecule has 2 saturated heterocycles. The van der Waals surface area contributed by atoms with Crippen molar-refractivity contribution in [3.8, 4) is 0 Å². The van der Waals surface area contributed by atoms with Crippen LogP contribution in [0, 0.1) is 0 Å². The van der Waals surface area contributed by atoms with Crippen LogP contribution in [0.2, 0.25) is 0 Å². The van der Waals surface area contributed by atoms with Crippen molar-refractivity contribution in [2.24, 2.45) is 0 Å². The van der Waals surface area contributed by atoms with Gasteiger partial charge in [-0.3, -0.25) is 9.59 Å². The Bertz CT molecular complexity index is 849. The van der Waals surface area contributed by atoms with Crippen molar-refractivity contribution in [2.75, 3.05) is 26.4 Å². The van der Waals surface area contributed by atoms with Crippen LogP contribution in [0.1, 0.15) is 148 Å². The van der Waals surface area contributed by atoms with E-state index in [-0.39, 0.29) is 24.7 Å². The molecule has 3 aliphatic rings. The lowest BCUT2D eigenvalue weighted by molar-refractivity contribution is -0.163. The first kappa shape index (κ1) is 39.6. The minimum atomic E-state index is -0.757. The van der Waals surface area contributed by atoms with E-state index in [0.29, 0.717) is 32.1 Å². The van der Waals surface area contributed by atoms with Crippen LogP contribution < -0.4 is 10.6 Å². The Kier molecular flexibility index (Phi) is 21.2. The lowest BCUT2D eigenvalue weighted by atomic mass is 10.1. The summed E-state index contributed by atoms with van der Waals surface area (Å²) in [5.74, 6) is -2.94. The van der Waals surface area contributed by atoms with Gasteiger partial charge in [0.25, 0.3) is 11.8 Å². The molecule has 0 aromatic rings. The van der Waals surface area contributed by atoms with Gasteiger partial charge < -0.3 is 29.6 Å². The van der Waals surface area contributed by atoms with Crippen molar-refractivity contribution in [1.82, 2.24) is 10.6 Å². The predicted molar refractivity (Wildman–Crippen MR) is 180 cm³/mol. The van der Waals surface area contributed by atoms with Gasteiger partial charge in [-0.1, -0.05) is 51.4 Å². The highest BCUT2D eigenvalue weighted by Gasteiger charge is 2.28. The van der Waals surface area contributed by atoms with Crippen LogP contribution in [-0.2, 0) is 28.5 Å². The lowest BCUT2D eigenvalue weighted by Gasteiger charge is -2.22. The topological polar surface area (TPSA) is 95.1 Å². The Hall–Kier alpha value is -1.88. The first-order valence-electron chi connectivity index (χ1n) is 18.8. The van der Waals surface area contributed by atoms with E-state index in [2.05, 4.69) is 10.6 Å². The van der Waals surface area contributed by atoms with Crippen molar-refractivity contribution >= 4 is 11.8 Å². The summed E-state index contributed by atoms with van der Waals surface area (Å²) in [5.41, 5.74) is 0. The first-order valence-corrected chi connectivity index (χ1v) is 18.8. The molecule has 47 heavy (non-hydrogen) atoms. The minimum absolute atomic E-state index is 0.0185. The quantitative estimate of drug-likeness (QED) is 0.0793. The summed E-state index contributed by atoms with van der Waals surface area (Å²) in [6, 6.07) is -0.473. The molecule has 2 N–H and O–H groups in total. The average Bonchev–Trinajstić information content (AvgIpc) is 3.53. The molecule has 1 aliphatic carbocycles. The number of ether oxygens (including phenoxy) is 4. The number of allylic oxidation sites excluding steroid dienone is 2. The van der Waals surface area contributed by atoms with Gasteiger partial charge in [0.2, 0.25) is 0 Å². The van der Waals surface area contributed by atoms with Crippen molar-refractivity contribution < 1.29 is 37.3 Å². The fourth-order valence-corrected chi connectivity index (χ4v) is 6.42. The highest BCUT2D eigenvalue weighted by molar-refractivity contribution is 5.92. The monoisotopic (exact) mass is 668 g/mol. The Morgan fingerprint density at radius 2 is 0.979 bits per heavy atom. The van der Waals surface area contributed by atoms with Crippen LogP contribution >= 0.6 is 0 Å². The Morgan fingerprint density at radius 3 is 1.38 bits per heavy atom. The van der Waals surface area contributed by atoms with E-state index in [1.54, 1.807) is 0 Å². The predicted octanol–water partition coefficient (Wildman–Crippen LogP) is 8.39. The molecule has 10 heteroatoms. The normalized spacial score (nSPS) is 24.0. The van der Waals surface area contributed by atoms with Crippen molar-refractivity contribution in [3.63, 3.8) is 0 Å². The lowest BCUT2D eigenvalue weighted by Crippen LogP contribution is -2.37. The van der Waals surface area contributed by atoms with Gasteiger partial charge in [0.05, 0.1) is 0 Å². The summed E-state index contributed by atoms with van der Waals surface area (Å²) in [4.78, 5) is 24.6. The number of amides is 2. The van der Waals surface area contributed by atoms with Gasteiger partial charge in [-0.2, -0.15) is 0 Å². The second-order valence-electron chi connectivity index (χ2n) is 13.4. The van der Waals surface area contributed by atoms with Gasteiger partial charge in [-0.05, 0) is 108 Å². The molecule has 0 aromatic heterocycles. The maximum absolute atomic E-state index is 14.4. The average molecular weight is 669 g/mol. The van der Waals surface area contributed by atoms with Gasteiger partial charge in [-0.15, -0.1) is 0 Å². The summed E-state index contributed by atoms with van der Waals surface area (Å²) in [6.45, 7) is 3.09.